The third-order valence-electron chi connectivity index (χ3n) is 3.50. The van der Waals surface area contributed by atoms with Gasteiger partial charge in [0.15, 0.2) is 0 Å². The number of hydrogen-bond acceptors (Lipinski definition) is 2. The van der Waals surface area contributed by atoms with Crippen molar-refractivity contribution in [3.63, 3.8) is 0 Å². The van der Waals surface area contributed by atoms with Gasteiger partial charge in [0.25, 0.3) is 0 Å². The Labute approximate surface area is 109 Å². The Bertz CT molecular complexity index is 541. The molecule has 0 bridgehead atoms. The molecule has 2 aromatic rings. The van der Waals surface area contributed by atoms with Crippen LogP contribution in [0.5, 0.6) is 0 Å². The Balaban J connectivity index is 2.10. The predicted molar refractivity (Wildman–Crippen MR) is 73.0 cm³/mol. The molecule has 2 heterocycles. The zero-order chi connectivity index (χ0) is 11.8. The molecule has 0 saturated carbocycles. The largest absolute Gasteiger partial charge is 0.329 e. The van der Waals surface area contributed by atoms with E-state index in [1.165, 1.54) is 24.8 Å². The molecule has 1 aromatic heterocycles. The van der Waals surface area contributed by atoms with Gasteiger partial charge in [-0.1, -0.05) is 12.5 Å². The normalized spacial score (nSPS) is 20.9. The lowest BCUT2D eigenvalue weighted by molar-refractivity contribution is 0.392. The lowest BCUT2D eigenvalue weighted by Gasteiger charge is -2.22. The second-order valence-corrected chi connectivity index (χ2v) is 5.49. The maximum Gasteiger partial charge on any atom is 0.126 e. The van der Waals surface area contributed by atoms with Gasteiger partial charge in [-0.05, 0) is 47.4 Å². The van der Waals surface area contributed by atoms with Crippen LogP contribution in [0.4, 0.5) is 0 Å². The minimum Gasteiger partial charge on any atom is -0.329 e. The molecule has 1 aliphatic heterocycles. The van der Waals surface area contributed by atoms with Gasteiger partial charge in [0, 0.05) is 11.5 Å². The highest BCUT2D eigenvalue weighted by Crippen LogP contribution is 2.29. The van der Waals surface area contributed by atoms with Crippen molar-refractivity contribution >= 4 is 27.0 Å². The highest BCUT2D eigenvalue weighted by molar-refractivity contribution is 9.10. The molecule has 17 heavy (non-hydrogen) atoms. The van der Waals surface area contributed by atoms with Crippen LogP contribution in [0, 0.1) is 0 Å². The van der Waals surface area contributed by atoms with E-state index < -0.39 is 0 Å². The number of aryl methyl sites for hydroxylation is 1. The van der Waals surface area contributed by atoms with Crippen LogP contribution < -0.4 is 5.32 Å². The van der Waals surface area contributed by atoms with Crippen LogP contribution in [-0.2, 0) is 7.05 Å². The summed E-state index contributed by atoms with van der Waals surface area (Å²) in [5, 5.41) is 3.56. The minimum absolute atomic E-state index is 0.410. The molecule has 1 saturated heterocycles. The molecular weight excluding hydrogens is 278 g/mol. The van der Waals surface area contributed by atoms with Gasteiger partial charge < -0.3 is 9.88 Å². The predicted octanol–water partition coefficient (Wildman–Crippen LogP) is 3.15. The van der Waals surface area contributed by atoms with E-state index in [9.17, 15) is 0 Å². The monoisotopic (exact) mass is 293 g/mol. The lowest BCUT2D eigenvalue weighted by Crippen LogP contribution is -2.28. The fraction of sp³-hybridized carbons (Fsp3) is 0.462. The molecule has 3 nitrogen and oxygen atoms in total. The van der Waals surface area contributed by atoms with Crippen LogP contribution in [0.2, 0.25) is 0 Å². The van der Waals surface area contributed by atoms with Gasteiger partial charge in [0.2, 0.25) is 0 Å². The summed E-state index contributed by atoms with van der Waals surface area (Å²) in [6.45, 7) is 1.11. The van der Waals surface area contributed by atoms with Crippen LogP contribution in [0.25, 0.3) is 11.0 Å². The average Bonchev–Trinajstić information content (AvgIpc) is 2.69. The number of fused-ring (bicyclic) bond motifs is 1. The molecule has 90 valence electrons. The van der Waals surface area contributed by atoms with E-state index in [4.69, 9.17) is 4.98 Å². The molecule has 1 aromatic carbocycles. The third kappa shape index (κ3) is 1.89. The number of aromatic nitrogens is 2. The van der Waals surface area contributed by atoms with Crippen molar-refractivity contribution in [1.82, 2.24) is 14.9 Å². The van der Waals surface area contributed by atoms with Crippen LogP contribution in [0.15, 0.2) is 22.7 Å². The molecule has 1 aliphatic rings. The molecular formula is C13H16BrN3. The number of halogens is 1. The van der Waals surface area contributed by atoms with Gasteiger partial charge in [-0.3, -0.25) is 0 Å². The van der Waals surface area contributed by atoms with E-state index in [1.807, 2.05) is 6.07 Å². The van der Waals surface area contributed by atoms with Crippen LogP contribution in [0.1, 0.15) is 31.1 Å². The first kappa shape index (κ1) is 11.2. The summed E-state index contributed by atoms with van der Waals surface area (Å²) in [5.41, 5.74) is 2.26. The quantitative estimate of drug-likeness (QED) is 0.875. The highest BCUT2D eigenvalue weighted by atomic mass is 79.9. The van der Waals surface area contributed by atoms with Crippen molar-refractivity contribution in [3.8, 4) is 0 Å². The average molecular weight is 294 g/mol. The molecule has 0 amide bonds. The van der Waals surface area contributed by atoms with Crippen LogP contribution in [0.3, 0.4) is 0 Å². The summed E-state index contributed by atoms with van der Waals surface area (Å²) in [6, 6.07) is 6.60. The van der Waals surface area contributed by atoms with E-state index in [-0.39, 0.29) is 0 Å². The van der Waals surface area contributed by atoms with Gasteiger partial charge in [0.1, 0.15) is 5.82 Å². The summed E-state index contributed by atoms with van der Waals surface area (Å²) in [7, 11) is 2.10. The number of rotatable bonds is 1. The number of para-hydroxylation sites is 1. The van der Waals surface area contributed by atoms with Gasteiger partial charge in [-0.2, -0.15) is 0 Å². The van der Waals surface area contributed by atoms with Gasteiger partial charge >= 0.3 is 0 Å². The Kier molecular flexibility index (Phi) is 2.92. The van der Waals surface area contributed by atoms with Crippen molar-refractivity contribution in [2.24, 2.45) is 7.05 Å². The van der Waals surface area contributed by atoms with E-state index in [2.05, 4.69) is 45.0 Å². The fourth-order valence-electron chi connectivity index (χ4n) is 2.62. The summed E-state index contributed by atoms with van der Waals surface area (Å²) >= 11 is 3.60. The summed E-state index contributed by atoms with van der Waals surface area (Å²) in [6.07, 6.45) is 3.76. The molecule has 1 fully saturated rings. The first-order valence-electron chi connectivity index (χ1n) is 6.11. The third-order valence-corrected chi connectivity index (χ3v) is 4.14. The molecule has 1 N–H and O–H groups in total. The Morgan fingerprint density at radius 1 is 1.41 bits per heavy atom. The van der Waals surface area contributed by atoms with Crippen molar-refractivity contribution in [1.29, 1.82) is 0 Å². The zero-order valence-corrected chi connectivity index (χ0v) is 11.5. The minimum atomic E-state index is 0.410. The van der Waals surface area contributed by atoms with Crippen molar-refractivity contribution < 1.29 is 0 Å². The Hall–Kier alpha value is -0.870. The molecule has 4 heteroatoms. The Morgan fingerprint density at radius 2 is 2.29 bits per heavy atom. The molecule has 0 radical (unpaired) electrons. The number of nitrogens with one attached hydrogen (secondary N) is 1. The molecule has 1 atom stereocenters. The van der Waals surface area contributed by atoms with E-state index in [0.29, 0.717) is 6.04 Å². The topological polar surface area (TPSA) is 29.9 Å². The van der Waals surface area contributed by atoms with E-state index in [1.54, 1.807) is 0 Å². The first-order valence-corrected chi connectivity index (χ1v) is 6.91. The first-order chi connectivity index (χ1) is 8.27. The Morgan fingerprint density at radius 3 is 3.00 bits per heavy atom. The smallest absolute Gasteiger partial charge is 0.126 e. The van der Waals surface area contributed by atoms with E-state index in [0.717, 1.165) is 22.4 Å². The SMILES string of the molecule is Cn1c(C2CCCCN2)nc2cccc(Br)c21. The van der Waals surface area contributed by atoms with Crippen LogP contribution in [-0.4, -0.2) is 16.1 Å². The summed E-state index contributed by atoms with van der Waals surface area (Å²) < 4.78 is 3.33. The lowest BCUT2D eigenvalue weighted by atomic mass is 10.0. The molecule has 0 spiro atoms. The summed E-state index contributed by atoms with van der Waals surface area (Å²) in [5.74, 6) is 1.16. The van der Waals surface area contributed by atoms with Crippen LogP contribution >= 0.6 is 15.9 Å². The van der Waals surface area contributed by atoms with Crippen molar-refractivity contribution in [2.45, 2.75) is 25.3 Å². The maximum absolute atomic E-state index is 4.77. The second-order valence-electron chi connectivity index (χ2n) is 4.64. The zero-order valence-electron chi connectivity index (χ0n) is 9.91. The molecule has 0 aliphatic carbocycles. The highest BCUT2D eigenvalue weighted by Gasteiger charge is 2.21. The number of imidazole rings is 1. The standard InChI is InChI=1S/C13H16BrN3/c1-17-12-9(14)5-4-7-10(12)16-13(17)11-6-2-3-8-15-11/h4-5,7,11,15H,2-3,6,8H2,1H3. The maximum atomic E-state index is 4.77. The van der Waals surface area contributed by atoms with E-state index >= 15 is 0 Å². The number of benzene rings is 1. The van der Waals surface area contributed by atoms with Gasteiger partial charge in [-0.25, -0.2) is 4.98 Å². The summed E-state index contributed by atoms with van der Waals surface area (Å²) in [4.78, 5) is 4.77. The number of nitrogens with zero attached hydrogens (tertiary/aromatic N) is 2. The van der Waals surface area contributed by atoms with Gasteiger partial charge in [-0.15, -0.1) is 0 Å². The molecule has 1 unspecified atom stereocenters. The molecule has 3 rings (SSSR count). The number of piperidine rings is 1. The van der Waals surface area contributed by atoms with Gasteiger partial charge in [0.05, 0.1) is 17.1 Å². The second kappa shape index (κ2) is 4.42. The number of hydrogen-bond donors (Lipinski definition) is 1. The van der Waals surface area contributed by atoms with Crippen molar-refractivity contribution in [2.75, 3.05) is 6.54 Å². The van der Waals surface area contributed by atoms with Crippen molar-refractivity contribution in [3.05, 3.63) is 28.5 Å². The fourth-order valence-corrected chi connectivity index (χ4v) is 3.24.